The summed E-state index contributed by atoms with van der Waals surface area (Å²) in [5, 5.41) is 11.0. The number of fused-ring (bicyclic) bond motifs is 1. The van der Waals surface area contributed by atoms with Gasteiger partial charge in [0.1, 0.15) is 16.9 Å². The molecule has 0 aliphatic heterocycles. The summed E-state index contributed by atoms with van der Waals surface area (Å²) in [5.41, 5.74) is 2.30. The third kappa shape index (κ3) is 4.40. The van der Waals surface area contributed by atoms with E-state index in [9.17, 15) is 19.1 Å². The molecule has 3 aromatic rings. The van der Waals surface area contributed by atoms with Crippen LogP contribution in [0, 0.1) is 5.82 Å². The summed E-state index contributed by atoms with van der Waals surface area (Å²) >= 11 is 0. The maximum Gasteiger partial charge on any atom is 0.341 e. The van der Waals surface area contributed by atoms with Crippen molar-refractivity contribution in [2.24, 2.45) is 0 Å². The molecule has 0 saturated heterocycles. The molecule has 0 aliphatic carbocycles. The number of nitrogens with zero attached hydrogens (tertiary/aromatic N) is 1. The first kappa shape index (κ1) is 20.0. The molecule has 1 N–H and O–H groups in total. The predicted molar refractivity (Wildman–Crippen MR) is 105 cm³/mol. The number of aromatic nitrogens is 1. The van der Waals surface area contributed by atoms with E-state index in [0.717, 1.165) is 11.1 Å². The normalized spacial score (nSPS) is 11.0. The van der Waals surface area contributed by atoms with Gasteiger partial charge in [-0.2, -0.15) is 0 Å². The van der Waals surface area contributed by atoms with Crippen molar-refractivity contribution < 1.29 is 28.6 Å². The van der Waals surface area contributed by atoms with Gasteiger partial charge in [-0.05, 0) is 53.5 Å². The van der Waals surface area contributed by atoms with E-state index in [1.165, 1.54) is 44.6 Å². The minimum atomic E-state index is -0.727. The monoisotopic (exact) mass is 395 g/mol. The molecule has 0 atom stereocenters. The van der Waals surface area contributed by atoms with Crippen LogP contribution in [-0.4, -0.2) is 36.2 Å². The predicted octanol–water partition coefficient (Wildman–Crippen LogP) is 3.64. The van der Waals surface area contributed by atoms with Crippen LogP contribution in [0.2, 0.25) is 0 Å². The number of halogens is 1. The van der Waals surface area contributed by atoms with Gasteiger partial charge in [0.15, 0.2) is 5.75 Å². The van der Waals surface area contributed by atoms with Gasteiger partial charge in [-0.1, -0.05) is 12.1 Å². The van der Waals surface area contributed by atoms with Crippen LogP contribution in [0.5, 0.6) is 5.75 Å². The standard InChI is InChI=1S/C22H18FNO5/c1-28-19(25)8-5-15-11-18(22(27)29-2)21(26)20-17(15)10-14(12-24-20)9-13-3-6-16(23)7-4-13/h3-8,10-12,26H,9H2,1-2H3. The van der Waals surface area contributed by atoms with Crippen molar-refractivity contribution in [3.05, 3.63) is 76.7 Å². The molecule has 29 heavy (non-hydrogen) atoms. The number of rotatable bonds is 5. The molecule has 1 aromatic heterocycles. The Bertz CT molecular complexity index is 1110. The third-order valence-electron chi connectivity index (χ3n) is 4.36. The number of phenolic OH excluding ortho intramolecular Hbond substituents is 1. The zero-order chi connectivity index (χ0) is 21.0. The highest BCUT2D eigenvalue weighted by Gasteiger charge is 2.18. The number of carbonyl (C=O) groups is 2. The lowest BCUT2D eigenvalue weighted by Gasteiger charge is -2.11. The fourth-order valence-electron chi connectivity index (χ4n) is 2.91. The van der Waals surface area contributed by atoms with E-state index in [4.69, 9.17) is 4.74 Å². The van der Waals surface area contributed by atoms with E-state index < -0.39 is 11.9 Å². The smallest absolute Gasteiger partial charge is 0.341 e. The number of phenols is 1. The molecule has 0 fully saturated rings. The number of carbonyl (C=O) groups excluding carboxylic acids is 2. The molecule has 6 nitrogen and oxygen atoms in total. The van der Waals surface area contributed by atoms with Crippen molar-refractivity contribution in [2.45, 2.75) is 6.42 Å². The number of aromatic hydroxyl groups is 1. The maximum absolute atomic E-state index is 13.1. The first-order valence-electron chi connectivity index (χ1n) is 8.66. The molecule has 0 bridgehead atoms. The fraction of sp³-hybridized carbons (Fsp3) is 0.136. The Kier molecular flexibility index (Phi) is 5.87. The van der Waals surface area contributed by atoms with Gasteiger partial charge in [0.25, 0.3) is 0 Å². The Morgan fingerprint density at radius 1 is 1.10 bits per heavy atom. The van der Waals surface area contributed by atoms with Crippen molar-refractivity contribution in [1.29, 1.82) is 0 Å². The Balaban J connectivity index is 2.13. The van der Waals surface area contributed by atoms with Crippen LogP contribution in [0.15, 0.2) is 48.7 Å². The van der Waals surface area contributed by atoms with Crippen LogP contribution >= 0.6 is 0 Å². The molecule has 148 valence electrons. The SMILES string of the molecule is COC(=O)C=Cc1cc(C(=O)OC)c(O)c2ncc(Cc3ccc(F)cc3)cc12. The number of ether oxygens (including phenoxy) is 2. The van der Waals surface area contributed by atoms with Gasteiger partial charge in [0.2, 0.25) is 0 Å². The molecular weight excluding hydrogens is 377 g/mol. The number of hydrogen-bond donors (Lipinski definition) is 1. The number of hydrogen-bond acceptors (Lipinski definition) is 6. The van der Waals surface area contributed by atoms with E-state index in [1.807, 2.05) is 0 Å². The summed E-state index contributed by atoms with van der Waals surface area (Å²) in [7, 11) is 2.46. The molecule has 3 rings (SSSR count). The summed E-state index contributed by atoms with van der Waals surface area (Å²) < 4.78 is 22.4. The first-order valence-corrected chi connectivity index (χ1v) is 8.66. The molecular formula is C22H18FNO5. The highest BCUT2D eigenvalue weighted by atomic mass is 19.1. The second kappa shape index (κ2) is 8.52. The van der Waals surface area contributed by atoms with E-state index in [2.05, 4.69) is 9.72 Å². The topological polar surface area (TPSA) is 85.7 Å². The molecule has 0 unspecified atom stereocenters. The minimum Gasteiger partial charge on any atom is -0.505 e. The number of esters is 2. The van der Waals surface area contributed by atoms with Gasteiger partial charge in [-0.25, -0.2) is 14.0 Å². The summed E-state index contributed by atoms with van der Waals surface area (Å²) in [4.78, 5) is 27.8. The zero-order valence-electron chi connectivity index (χ0n) is 15.8. The molecule has 0 spiro atoms. The lowest BCUT2D eigenvalue weighted by Crippen LogP contribution is -2.04. The van der Waals surface area contributed by atoms with E-state index in [1.54, 1.807) is 24.4 Å². The van der Waals surface area contributed by atoms with Crippen LogP contribution in [0.3, 0.4) is 0 Å². The van der Waals surface area contributed by atoms with Gasteiger partial charge >= 0.3 is 11.9 Å². The van der Waals surface area contributed by atoms with E-state index in [0.29, 0.717) is 17.4 Å². The Morgan fingerprint density at radius 3 is 2.48 bits per heavy atom. The minimum absolute atomic E-state index is 0.0664. The van der Waals surface area contributed by atoms with Gasteiger partial charge in [0.05, 0.1) is 14.2 Å². The number of pyridine rings is 1. The molecule has 0 aliphatic rings. The molecule has 0 radical (unpaired) electrons. The number of methoxy groups -OCH3 is 2. The summed E-state index contributed by atoms with van der Waals surface area (Å²) in [6, 6.07) is 9.33. The molecule has 0 saturated carbocycles. The summed E-state index contributed by atoms with van der Waals surface area (Å²) in [6.07, 6.45) is 4.74. The Hall–Kier alpha value is -3.74. The summed E-state index contributed by atoms with van der Waals surface area (Å²) in [5.74, 6) is -1.92. The van der Waals surface area contributed by atoms with E-state index >= 15 is 0 Å². The van der Waals surface area contributed by atoms with Crippen LogP contribution < -0.4 is 0 Å². The van der Waals surface area contributed by atoms with Crippen LogP contribution in [0.25, 0.3) is 17.0 Å². The average Bonchev–Trinajstić information content (AvgIpc) is 2.74. The molecule has 0 amide bonds. The fourth-order valence-corrected chi connectivity index (χ4v) is 2.91. The lowest BCUT2D eigenvalue weighted by atomic mass is 9.99. The highest BCUT2D eigenvalue weighted by molar-refractivity contribution is 6.04. The van der Waals surface area contributed by atoms with Crippen molar-refractivity contribution in [3.8, 4) is 5.75 Å². The lowest BCUT2D eigenvalue weighted by molar-refractivity contribution is -0.134. The largest absolute Gasteiger partial charge is 0.505 e. The Labute approximate surface area is 166 Å². The van der Waals surface area contributed by atoms with Gasteiger partial charge < -0.3 is 14.6 Å². The molecule has 2 aromatic carbocycles. The van der Waals surface area contributed by atoms with Gasteiger partial charge in [-0.15, -0.1) is 0 Å². The van der Waals surface area contributed by atoms with Crippen molar-refractivity contribution in [3.63, 3.8) is 0 Å². The van der Waals surface area contributed by atoms with Crippen molar-refractivity contribution in [1.82, 2.24) is 4.98 Å². The van der Waals surface area contributed by atoms with Crippen molar-refractivity contribution >= 4 is 28.9 Å². The van der Waals surface area contributed by atoms with Crippen LogP contribution in [0.4, 0.5) is 4.39 Å². The average molecular weight is 395 g/mol. The number of benzene rings is 2. The Morgan fingerprint density at radius 2 is 1.83 bits per heavy atom. The van der Waals surface area contributed by atoms with Gasteiger partial charge in [-0.3, -0.25) is 4.98 Å². The van der Waals surface area contributed by atoms with Crippen LogP contribution in [0.1, 0.15) is 27.0 Å². The third-order valence-corrected chi connectivity index (χ3v) is 4.36. The summed E-state index contributed by atoms with van der Waals surface area (Å²) in [6.45, 7) is 0. The second-order valence-electron chi connectivity index (χ2n) is 6.25. The molecule has 1 heterocycles. The maximum atomic E-state index is 13.1. The molecule has 7 heteroatoms. The second-order valence-corrected chi connectivity index (χ2v) is 6.25. The quantitative estimate of drug-likeness (QED) is 0.524. The van der Waals surface area contributed by atoms with Crippen LogP contribution in [-0.2, 0) is 20.7 Å². The first-order chi connectivity index (χ1) is 13.9. The highest BCUT2D eigenvalue weighted by Crippen LogP contribution is 2.32. The van der Waals surface area contributed by atoms with Gasteiger partial charge in [0, 0.05) is 17.7 Å². The van der Waals surface area contributed by atoms with Crippen molar-refractivity contribution in [2.75, 3.05) is 14.2 Å². The zero-order valence-corrected chi connectivity index (χ0v) is 15.8. The van der Waals surface area contributed by atoms with E-state index in [-0.39, 0.29) is 22.6 Å².